The smallest absolute Gasteiger partial charge is 0.0635 e. The summed E-state index contributed by atoms with van der Waals surface area (Å²) in [4.78, 5) is 0. The third-order valence-electron chi connectivity index (χ3n) is 4.92. The number of nitrogens with zero attached hydrogens (tertiary/aromatic N) is 1. The number of hydrogen-bond acceptors (Lipinski definition) is 2. The molecule has 74 valence electrons. The largest absolute Gasteiger partial charge is 0.411 e. The van der Waals surface area contributed by atoms with Crippen molar-refractivity contribution in [2.45, 2.75) is 46.5 Å². The van der Waals surface area contributed by atoms with E-state index in [1.807, 2.05) is 0 Å². The first-order chi connectivity index (χ1) is 6.02. The van der Waals surface area contributed by atoms with E-state index >= 15 is 0 Å². The zero-order chi connectivity index (χ0) is 9.69. The zero-order valence-corrected chi connectivity index (χ0v) is 8.80. The Labute approximate surface area is 80.0 Å². The topological polar surface area (TPSA) is 32.6 Å². The van der Waals surface area contributed by atoms with Crippen LogP contribution in [0.1, 0.15) is 46.5 Å². The number of hydrogen-bond donors (Lipinski definition) is 1. The van der Waals surface area contributed by atoms with Crippen LogP contribution in [0.15, 0.2) is 5.16 Å². The molecule has 2 nitrogen and oxygen atoms in total. The van der Waals surface area contributed by atoms with Crippen LogP contribution in [-0.4, -0.2) is 10.9 Å². The Kier molecular flexibility index (Phi) is 1.73. The lowest BCUT2D eigenvalue weighted by atomic mass is 9.58. The summed E-state index contributed by atoms with van der Waals surface area (Å²) in [6, 6.07) is 0. The van der Waals surface area contributed by atoms with Crippen molar-refractivity contribution >= 4 is 5.71 Å². The second kappa shape index (κ2) is 2.49. The molecule has 2 heteroatoms. The first kappa shape index (κ1) is 9.04. The zero-order valence-electron chi connectivity index (χ0n) is 8.80. The molecular formula is C11H19NO. The second-order valence-electron chi connectivity index (χ2n) is 5.37. The fourth-order valence-corrected chi connectivity index (χ4v) is 3.36. The maximum atomic E-state index is 9.00. The third kappa shape index (κ3) is 0.918. The number of fused-ring (bicyclic) bond motifs is 2. The van der Waals surface area contributed by atoms with Crippen LogP contribution < -0.4 is 0 Å². The first-order valence-electron chi connectivity index (χ1n) is 5.24. The van der Waals surface area contributed by atoms with Gasteiger partial charge < -0.3 is 5.21 Å². The molecule has 0 radical (unpaired) electrons. The van der Waals surface area contributed by atoms with E-state index in [9.17, 15) is 0 Å². The molecule has 2 aliphatic rings. The minimum absolute atomic E-state index is 0.157. The molecule has 0 heterocycles. The van der Waals surface area contributed by atoms with Crippen LogP contribution in [0.5, 0.6) is 0 Å². The monoisotopic (exact) mass is 181 g/mol. The van der Waals surface area contributed by atoms with Crippen molar-refractivity contribution in [1.82, 2.24) is 0 Å². The summed E-state index contributed by atoms with van der Waals surface area (Å²) in [6.45, 7) is 6.92. The van der Waals surface area contributed by atoms with E-state index in [1.165, 1.54) is 19.3 Å². The molecule has 0 aromatic rings. The van der Waals surface area contributed by atoms with Crippen molar-refractivity contribution in [1.29, 1.82) is 0 Å². The first-order valence-corrected chi connectivity index (χ1v) is 5.24. The van der Waals surface area contributed by atoms with Crippen LogP contribution in [0.4, 0.5) is 0 Å². The van der Waals surface area contributed by atoms with Gasteiger partial charge >= 0.3 is 0 Å². The molecule has 2 unspecified atom stereocenters. The van der Waals surface area contributed by atoms with Gasteiger partial charge in [-0.25, -0.2) is 0 Å². The van der Waals surface area contributed by atoms with Gasteiger partial charge in [0.15, 0.2) is 0 Å². The molecule has 0 aromatic heterocycles. The normalized spacial score (nSPS) is 45.5. The van der Waals surface area contributed by atoms with Gasteiger partial charge in [0.1, 0.15) is 0 Å². The number of rotatable bonds is 0. The molecule has 2 rings (SSSR count). The Bertz CT molecular complexity index is 257. The predicted octanol–water partition coefficient (Wildman–Crippen LogP) is 3.05. The minimum atomic E-state index is 0.157. The lowest BCUT2D eigenvalue weighted by Gasteiger charge is -2.46. The molecule has 13 heavy (non-hydrogen) atoms. The Morgan fingerprint density at radius 1 is 1.31 bits per heavy atom. The SMILES string of the molecule is CC12CCC(CC/C1=N\O)C2(C)C. The van der Waals surface area contributed by atoms with E-state index in [-0.39, 0.29) is 5.41 Å². The molecule has 0 aromatic carbocycles. The van der Waals surface area contributed by atoms with Crippen LogP contribution in [0.25, 0.3) is 0 Å². The minimum Gasteiger partial charge on any atom is -0.411 e. The van der Waals surface area contributed by atoms with Crippen molar-refractivity contribution in [2.75, 3.05) is 0 Å². The molecular weight excluding hydrogens is 162 g/mol. The van der Waals surface area contributed by atoms with Gasteiger partial charge in [-0.05, 0) is 37.0 Å². The number of oxime groups is 1. The Balaban J connectivity index is 2.44. The highest BCUT2D eigenvalue weighted by molar-refractivity contribution is 5.91. The van der Waals surface area contributed by atoms with Crippen molar-refractivity contribution < 1.29 is 5.21 Å². The highest BCUT2D eigenvalue weighted by atomic mass is 16.4. The van der Waals surface area contributed by atoms with Crippen LogP contribution in [0, 0.1) is 16.7 Å². The van der Waals surface area contributed by atoms with E-state index in [2.05, 4.69) is 25.9 Å². The quantitative estimate of drug-likeness (QED) is 0.452. The van der Waals surface area contributed by atoms with Gasteiger partial charge in [0.05, 0.1) is 5.71 Å². The van der Waals surface area contributed by atoms with E-state index in [4.69, 9.17) is 5.21 Å². The Hall–Kier alpha value is -0.530. The fraction of sp³-hybridized carbons (Fsp3) is 0.909. The molecule has 0 saturated heterocycles. The lowest BCUT2D eigenvalue weighted by molar-refractivity contribution is 0.120. The molecule has 2 aliphatic carbocycles. The van der Waals surface area contributed by atoms with E-state index in [1.54, 1.807) is 0 Å². The van der Waals surface area contributed by atoms with Crippen molar-refractivity contribution in [2.24, 2.45) is 21.9 Å². The van der Waals surface area contributed by atoms with E-state index in [0.717, 1.165) is 18.1 Å². The molecule has 2 atom stereocenters. The Morgan fingerprint density at radius 2 is 2.00 bits per heavy atom. The van der Waals surface area contributed by atoms with Crippen molar-refractivity contribution in [3.05, 3.63) is 0 Å². The van der Waals surface area contributed by atoms with Gasteiger partial charge in [0.25, 0.3) is 0 Å². The summed E-state index contributed by atoms with van der Waals surface area (Å²) in [5.74, 6) is 0.836. The van der Waals surface area contributed by atoms with Crippen LogP contribution in [0.2, 0.25) is 0 Å². The van der Waals surface area contributed by atoms with Gasteiger partial charge in [0, 0.05) is 5.41 Å². The highest BCUT2D eigenvalue weighted by Crippen LogP contribution is 2.61. The molecule has 2 bridgehead atoms. The lowest BCUT2D eigenvalue weighted by Crippen LogP contribution is -2.44. The standard InChI is InChI=1S/C11H19NO/c1-10(2)8-4-5-9(12-13)11(10,3)7-6-8/h8,13H,4-7H2,1-3H3/b12-9+. The second-order valence-corrected chi connectivity index (χ2v) is 5.37. The van der Waals surface area contributed by atoms with Crippen LogP contribution >= 0.6 is 0 Å². The summed E-state index contributed by atoms with van der Waals surface area (Å²) in [7, 11) is 0. The third-order valence-corrected chi connectivity index (χ3v) is 4.92. The molecule has 2 fully saturated rings. The highest BCUT2D eigenvalue weighted by Gasteiger charge is 2.56. The molecule has 0 amide bonds. The maximum Gasteiger partial charge on any atom is 0.0635 e. The predicted molar refractivity (Wildman–Crippen MR) is 53.1 cm³/mol. The van der Waals surface area contributed by atoms with Gasteiger partial charge in [-0.15, -0.1) is 0 Å². The van der Waals surface area contributed by atoms with Gasteiger partial charge in [-0.2, -0.15) is 0 Å². The molecule has 0 spiro atoms. The van der Waals surface area contributed by atoms with Gasteiger partial charge in [-0.1, -0.05) is 25.9 Å². The van der Waals surface area contributed by atoms with Crippen molar-refractivity contribution in [3.63, 3.8) is 0 Å². The van der Waals surface area contributed by atoms with Crippen LogP contribution in [-0.2, 0) is 0 Å². The Morgan fingerprint density at radius 3 is 2.62 bits per heavy atom. The maximum absolute atomic E-state index is 9.00. The van der Waals surface area contributed by atoms with Gasteiger partial charge in [0.2, 0.25) is 0 Å². The fourth-order valence-electron chi connectivity index (χ4n) is 3.36. The average molecular weight is 181 g/mol. The van der Waals surface area contributed by atoms with E-state index in [0.29, 0.717) is 5.41 Å². The van der Waals surface area contributed by atoms with Gasteiger partial charge in [-0.3, -0.25) is 0 Å². The molecule has 2 saturated carbocycles. The van der Waals surface area contributed by atoms with Crippen molar-refractivity contribution in [3.8, 4) is 0 Å². The summed E-state index contributed by atoms with van der Waals surface area (Å²) in [6.07, 6.45) is 4.72. The van der Waals surface area contributed by atoms with Crippen LogP contribution in [0.3, 0.4) is 0 Å². The summed E-state index contributed by atoms with van der Waals surface area (Å²) < 4.78 is 0. The summed E-state index contributed by atoms with van der Waals surface area (Å²) in [5, 5.41) is 12.5. The van der Waals surface area contributed by atoms with E-state index < -0.39 is 0 Å². The summed E-state index contributed by atoms with van der Waals surface area (Å²) >= 11 is 0. The molecule has 0 aliphatic heterocycles. The molecule has 1 N–H and O–H groups in total. The average Bonchev–Trinajstić information content (AvgIpc) is 2.24. The summed E-state index contributed by atoms with van der Waals surface area (Å²) in [5.41, 5.74) is 1.52.